The summed E-state index contributed by atoms with van der Waals surface area (Å²) in [6.07, 6.45) is 1.80. The molecule has 1 saturated heterocycles. The van der Waals surface area contributed by atoms with Crippen molar-refractivity contribution in [1.29, 1.82) is 0 Å². The van der Waals surface area contributed by atoms with Crippen LogP contribution in [0.1, 0.15) is 18.4 Å². The van der Waals surface area contributed by atoms with Gasteiger partial charge in [-0.25, -0.2) is 0 Å². The van der Waals surface area contributed by atoms with E-state index in [1.807, 2.05) is 24.3 Å². The number of amides is 1. The summed E-state index contributed by atoms with van der Waals surface area (Å²) in [5.41, 5.74) is 3.84. The first-order valence-electron chi connectivity index (χ1n) is 9.80. The number of nitrogens with zero attached hydrogens (tertiary/aromatic N) is 3. The minimum atomic E-state index is -0.0960. The van der Waals surface area contributed by atoms with Crippen molar-refractivity contribution in [3.8, 4) is 11.3 Å². The smallest absolute Gasteiger partial charge is 0.229 e. The summed E-state index contributed by atoms with van der Waals surface area (Å²) in [5, 5.41) is 12.4. The molecule has 148 valence electrons. The Kier molecular flexibility index (Phi) is 5.76. The molecule has 2 aromatic carbocycles. The summed E-state index contributed by atoms with van der Waals surface area (Å²) < 4.78 is 0. The van der Waals surface area contributed by atoms with Gasteiger partial charge in [-0.1, -0.05) is 47.5 Å². The van der Waals surface area contributed by atoms with Crippen molar-refractivity contribution < 1.29 is 4.79 Å². The summed E-state index contributed by atoms with van der Waals surface area (Å²) in [6, 6.07) is 19.4. The number of carbonyl (C=O) groups excluding carboxylic acids is 1. The first-order chi connectivity index (χ1) is 14.1. The summed E-state index contributed by atoms with van der Waals surface area (Å²) in [5.74, 6) is 0.726. The average Bonchev–Trinajstić information content (AvgIpc) is 2.74. The number of hydrogen-bond donors (Lipinski definition) is 1. The van der Waals surface area contributed by atoms with E-state index in [0.29, 0.717) is 11.6 Å². The maximum absolute atomic E-state index is 12.7. The third-order valence-electron chi connectivity index (χ3n) is 5.21. The highest BCUT2D eigenvalue weighted by Crippen LogP contribution is 2.25. The largest absolute Gasteiger partial charge is 0.354 e. The molecule has 6 heteroatoms. The minimum absolute atomic E-state index is 0.0150. The first-order valence-corrected chi connectivity index (χ1v) is 10.2. The molecule has 0 saturated carbocycles. The van der Waals surface area contributed by atoms with Crippen LogP contribution in [0.15, 0.2) is 60.7 Å². The normalized spacial score (nSPS) is 16.5. The number of halogens is 1. The van der Waals surface area contributed by atoms with Crippen molar-refractivity contribution in [2.24, 2.45) is 5.92 Å². The fourth-order valence-electron chi connectivity index (χ4n) is 3.58. The standard InChI is InChI=1S/C23H23ClN4O/c1-16-7-9-17(10-8-16)21-11-12-22(27-26-21)28-13-3-4-18(15-28)23(29)25-20-6-2-5-19(24)14-20/h2,5-12,14,18H,3-4,13,15H2,1H3,(H,25,29). The van der Waals surface area contributed by atoms with E-state index in [4.69, 9.17) is 11.6 Å². The molecule has 1 unspecified atom stereocenters. The quantitative estimate of drug-likeness (QED) is 0.665. The van der Waals surface area contributed by atoms with E-state index >= 15 is 0 Å². The zero-order valence-electron chi connectivity index (χ0n) is 16.3. The van der Waals surface area contributed by atoms with Crippen LogP contribution in [0.5, 0.6) is 0 Å². The monoisotopic (exact) mass is 406 g/mol. The summed E-state index contributed by atoms with van der Waals surface area (Å²) in [4.78, 5) is 14.8. The Morgan fingerprint density at radius 1 is 1.10 bits per heavy atom. The van der Waals surface area contributed by atoms with E-state index in [9.17, 15) is 4.79 Å². The van der Waals surface area contributed by atoms with Gasteiger partial charge in [0.25, 0.3) is 0 Å². The molecule has 1 aliphatic heterocycles. The van der Waals surface area contributed by atoms with Gasteiger partial charge in [-0.2, -0.15) is 0 Å². The summed E-state index contributed by atoms with van der Waals surface area (Å²) in [6.45, 7) is 3.57. The molecule has 0 spiro atoms. The lowest BCUT2D eigenvalue weighted by Gasteiger charge is -2.32. The van der Waals surface area contributed by atoms with Crippen LogP contribution < -0.4 is 10.2 Å². The van der Waals surface area contributed by atoms with Crippen molar-refractivity contribution in [2.75, 3.05) is 23.3 Å². The molecule has 1 atom stereocenters. The van der Waals surface area contributed by atoms with Crippen LogP contribution in [0.25, 0.3) is 11.3 Å². The van der Waals surface area contributed by atoms with Crippen LogP contribution in [0, 0.1) is 12.8 Å². The number of aryl methyl sites for hydroxylation is 1. The van der Waals surface area contributed by atoms with Crippen molar-refractivity contribution >= 4 is 29.0 Å². The lowest BCUT2D eigenvalue weighted by molar-refractivity contribution is -0.120. The molecule has 1 amide bonds. The average molecular weight is 407 g/mol. The predicted octanol–water partition coefficient (Wildman–Crippen LogP) is 4.96. The second-order valence-electron chi connectivity index (χ2n) is 7.43. The van der Waals surface area contributed by atoms with E-state index in [1.54, 1.807) is 12.1 Å². The second-order valence-corrected chi connectivity index (χ2v) is 7.86. The first kappa shape index (κ1) is 19.4. The van der Waals surface area contributed by atoms with Gasteiger partial charge in [0.15, 0.2) is 5.82 Å². The van der Waals surface area contributed by atoms with Gasteiger partial charge < -0.3 is 10.2 Å². The predicted molar refractivity (Wildman–Crippen MR) is 117 cm³/mol. The molecule has 1 fully saturated rings. The molecule has 0 radical (unpaired) electrons. The number of rotatable bonds is 4. The number of aromatic nitrogens is 2. The third kappa shape index (κ3) is 4.74. The van der Waals surface area contributed by atoms with Gasteiger partial charge in [-0.3, -0.25) is 4.79 Å². The molecule has 0 bridgehead atoms. The van der Waals surface area contributed by atoms with E-state index < -0.39 is 0 Å². The Bertz CT molecular complexity index is 989. The van der Waals surface area contributed by atoms with E-state index in [1.165, 1.54) is 5.56 Å². The van der Waals surface area contributed by atoms with Gasteiger partial charge in [-0.05, 0) is 50.1 Å². The van der Waals surface area contributed by atoms with Crippen LogP contribution in [0.2, 0.25) is 5.02 Å². The Labute approximate surface area is 175 Å². The van der Waals surface area contributed by atoms with Gasteiger partial charge in [0.1, 0.15) is 0 Å². The number of nitrogens with one attached hydrogen (secondary N) is 1. The lowest BCUT2D eigenvalue weighted by Crippen LogP contribution is -2.41. The van der Waals surface area contributed by atoms with Gasteiger partial charge >= 0.3 is 0 Å². The molecule has 1 N–H and O–H groups in total. The zero-order chi connectivity index (χ0) is 20.2. The Morgan fingerprint density at radius 3 is 2.66 bits per heavy atom. The van der Waals surface area contributed by atoms with Crippen molar-refractivity contribution in [3.63, 3.8) is 0 Å². The van der Waals surface area contributed by atoms with Gasteiger partial charge in [0.05, 0.1) is 11.6 Å². The fourth-order valence-corrected chi connectivity index (χ4v) is 3.77. The molecular formula is C23H23ClN4O. The second kappa shape index (κ2) is 8.62. The van der Waals surface area contributed by atoms with Gasteiger partial charge in [0.2, 0.25) is 5.91 Å². The van der Waals surface area contributed by atoms with E-state index in [0.717, 1.165) is 42.1 Å². The molecule has 3 aromatic rings. The van der Waals surface area contributed by atoms with Crippen molar-refractivity contribution in [1.82, 2.24) is 10.2 Å². The number of anilines is 2. The highest BCUT2D eigenvalue weighted by atomic mass is 35.5. The number of carbonyl (C=O) groups is 1. The number of piperidine rings is 1. The Morgan fingerprint density at radius 2 is 1.93 bits per heavy atom. The fraction of sp³-hybridized carbons (Fsp3) is 0.261. The van der Waals surface area contributed by atoms with Gasteiger partial charge in [0, 0.05) is 29.4 Å². The van der Waals surface area contributed by atoms with Crippen LogP contribution in [-0.2, 0) is 4.79 Å². The Balaban J connectivity index is 1.42. The van der Waals surface area contributed by atoms with Crippen LogP contribution >= 0.6 is 11.6 Å². The molecule has 0 aliphatic carbocycles. The summed E-state index contributed by atoms with van der Waals surface area (Å²) >= 11 is 6.01. The molecule has 1 aromatic heterocycles. The zero-order valence-corrected chi connectivity index (χ0v) is 17.1. The highest BCUT2D eigenvalue weighted by Gasteiger charge is 2.27. The third-order valence-corrected chi connectivity index (χ3v) is 5.44. The molecular weight excluding hydrogens is 384 g/mol. The molecule has 4 rings (SSSR count). The SMILES string of the molecule is Cc1ccc(-c2ccc(N3CCCC(C(=O)Nc4cccc(Cl)c4)C3)nn2)cc1. The molecule has 2 heterocycles. The number of hydrogen-bond acceptors (Lipinski definition) is 4. The van der Waals surface area contributed by atoms with Crippen LogP contribution in [0.4, 0.5) is 11.5 Å². The maximum Gasteiger partial charge on any atom is 0.229 e. The highest BCUT2D eigenvalue weighted by molar-refractivity contribution is 6.30. The van der Waals surface area contributed by atoms with Crippen LogP contribution in [0.3, 0.4) is 0 Å². The molecule has 5 nitrogen and oxygen atoms in total. The van der Waals surface area contributed by atoms with Crippen molar-refractivity contribution in [2.45, 2.75) is 19.8 Å². The molecule has 1 aliphatic rings. The van der Waals surface area contributed by atoms with Crippen molar-refractivity contribution in [3.05, 3.63) is 71.2 Å². The maximum atomic E-state index is 12.7. The Hall–Kier alpha value is -2.92. The van der Waals surface area contributed by atoms with E-state index in [2.05, 4.69) is 51.6 Å². The van der Waals surface area contributed by atoms with Gasteiger partial charge in [-0.15, -0.1) is 10.2 Å². The number of benzene rings is 2. The summed E-state index contributed by atoms with van der Waals surface area (Å²) in [7, 11) is 0. The van der Waals surface area contributed by atoms with E-state index in [-0.39, 0.29) is 11.8 Å². The van der Waals surface area contributed by atoms with Crippen LogP contribution in [-0.4, -0.2) is 29.2 Å². The minimum Gasteiger partial charge on any atom is -0.354 e. The molecule has 29 heavy (non-hydrogen) atoms. The lowest BCUT2D eigenvalue weighted by atomic mass is 9.97. The topological polar surface area (TPSA) is 58.1 Å².